The van der Waals surface area contributed by atoms with Crippen LogP contribution in [0.25, 0.3) is 0 Å². The Hall–Kier alpha value is -3.13. The first-order valence-electron chi connectivity index (χ1n) is 13.0. The SMILES string of the molecule is C[C@@H]1O[C@@H](O[C@H]2[C@H](Oc3cc(O)c4c(c3)OC(c3ccc(O)cc3)CC4=O)O[C@H](CO)[C@@H](O)[C@@H]2O)[C@H](O)C(O)[C@H]1O.O.O. The Labute approximate surface area is 244 Å². The van der Waals surface area contributed by atoms with Crippen LogP contribution in [0.4, 0.5) is 0 Å². The van der Waals surface area contributed by atoms with Crippen LogP contribution >= 0.6 is 0 Å². The highest BCUT2D eigenvalue weighted by Gasteiger charge is 2.51. The molecule has 0 spiro atoms. The van der Waals surface area contributed by atoms with E-state index in [9.17, 15) is 45.6 Å². The van der Waals surface area contributed by atoms with Crippen molar-refractivity contribution >= 4 is 5.78 Å². The quantitative estimate of drug-likeness (QED) is 0.163. The zero-order valence-electron chi connectivity index (χ0n) is 22.8. The number of carbonyl (C=O) groups is 1. The number of hydrogen-bond acceptors (Lipinski definition) is 14. The van der Waals surface area contributed by atoms with E-state index < -0.39 is 85.7 Å². The number of phenolic OH excluding ortho intramolecular Hbond substituents is 2. The van der Waals surface area contributed by atoms with Crippen molar-refractivity contribution in [2.45, 2.75) is 80.9 Å². The van der Waals surface area contributed by atoms with Gasteiger partial charge >= 0.3 is 0 Å². The molecule has 16 nitrogen and oxygen atoms in total. The van der Waals surface area contributed by atoms with Crippen LogP contribution in [0, 0.1) is 0 Å². The smallest absolute Gasteiger partial charge is 0.229 e. The maximum atomic E-state index is 12.9. The molecule has 0 amide bonds. The normalized spacial score (nSPS) is 35.5. The second-order valence-electron chi connectivity index (χ2n) is 10.2. The van der Waals surface area contributed by atoms with Gasteiger partial charge in [-0.15, -0.1) is 0 Å². The lowest BCUT2D eigenvalue weighted by Gasteiger charge is -2.45. The van der Waals surface area contributed by atoms with Crippen LogP contribution in [0.3, 0.4) is 0 Å². The molecule has 240 valence electrons. The first-order valence-corrected chi connectivity index (χ1v) is 13.0. The second-order valence-corrected chi connectivity index (χ2v) is 10.2. The van der Waals surface area contributed by atoms with E-state index >= 15 is 0 Å². The van der Waals surface area contributed by atoms with Gasteiger partial charge in [0.05, 0.1) is 19.1 Å². The molecular formula is C27H36O16. The largest absolute Gasteiger partial charge is 0.508 e. The highest BCUT2D eigenvalue weighted by Crippen LogP contribution is 2.43. The fourth-order valence-electron chi connectivity index (χ4n) is 5.07. The topological polar surface area (TPSA) is 288 Å². The second kappa shape index (κ2) is 13.7. The van der Waals surface area contributed by atoms with Crippen LogP contribution in [0.5, 0.6) is 23.0 Å². The Morgan fingerprint density at radius 3 is 2.19 bits per heavy atom. The Balaban J connectivity index is 0.00000253. The van der Waals surface area contributed by atoms with Crippen molar-refractivity contribution in [2.24, 2.45) is 0 Å². The molecule has 2 aromatic carbocycles. The summed E-state index contributed by atoms with van der Waals surface area (Å²) >= 11 is 0. The molecule has 0 aromatic heterocycles. The lowest BCUT2D eigenvalue weighted by molar-refractivity contribution is -0.354. The zero-order valence-corrected chi connectivity index (χ0v) is 22.8. The number of benzene rings is 2. The van der Waals surface area contributed by atoms with Crippen LogP contribution in [-0.2, 0) is 14.2 Å². The van der Waals surface area contributed by atoms with Gasteiger partial charge in [0.1, 0.15) is 71.3 Å². The Kier molecular flexibility index (Phi) is 10.9. The maximum Gasteiger partial charge on any atom is 0.229 e. The van der Waals surface area contributed by atoms with Crippen LogP contribution in [0.2, 0.25) is 0 Å². The predicted molar refractivity (Wildman–Crippen MR) is 141 cm³/mol. The molecule has 16 heteroatoms. The average Bonchev–Trinajstić information content (AvgIpc) is 2.94. The number of ether oxygens (including phenoxy) is 5. The molecular weight excluding hydrogens is 580 g/mol. The number of ketones is 1. The Bertz CT molecular complexity index is 1240. The molecule has 2 fully saturated rings. The van der Waals surface area contributed by atoms with Crippen molar-refractivity contribution in [3.05, 3.63) is 47.5 Å². The van der Waals surface area contributed by atoms with Gasteiger partial charge in [0.2, 0.25) is 6.29 Å². The van der Waals surface area contributed by atoms with Crippen molar-refractivity contribution < 1.29 is 80.3 Å². The number of fused-ring (bicyclic) bond motifs is 1. The van der Waals surface area contributed by atoms with E-state index in [2.05, 4.69) is 0 Å². The first-order chi connectivity index (χ1) is 19.5. The summed E-state index contributed by atoms with van der Waals surface area (Å²) < 4.78 is 28.6. The predicted octanol–water partition coefficient (Wildman–Crippen LogP) is -2.81. The molecule has 3 aliphatic rings. The number of aliphatic hydroxyl groups is 6. The fraction of sp³-hybridized carbons (Fsp3) is 0.519. The molecule has 12 N–H and O–H groups in total. The number of Topliss-reactive ketones (excluding diaryl/α,β-unsaturated/α-hetero) is 1. The lowest BCUT2D eigenvalue weighted by Crippen LogP contribution is -2.64. The summed E-state index contributed by atoms with van der Waals surface area (Å²) in [6.07, 6.45) is -16.0. The molecule has 0 bridgehead atoms. The van der Waals surface area contributed by atoms with Crippen LogP contribution in [-0.4, -0.2) is 126 Å². The number of aromatic hydroxyl groups is 2. The summed E-state index contributed by atoms with van der Waals surface area (Å²) in [7, 11) is 0. The molecule has 43 heavy (non-hydrogen) atoms. The van der Waals surface area contributed by atoms with E-state index in [0.29, 0.717) is 5.56 Å². The van der Waals surface area contributed by atoms with Crippen LogP contribution in [0.15, 0.2) is 36.4 Å². The molecule has 3 heterocycles. The Morgan fingerprint density at radius 2 is 1.53 bits per heavy atom. The van der Waals surface area contributed by atoms with Crippen LogP contribution in [0.1, 0.15) is 35.4 Å². The third-order valence-corrected chi connectivity index (χ3v) is 7.42. The van der Waals surface area contributed by atoms with Gasteiger partial charge in [-0.1, -0.05) is 12.1 Å². The third-order valence-electron chi connectivity index (χ3n) is 7.42. The van der Waals surface area contributed by atoms with Gasteiger partial charge in [-0.2, -0.15) is 0 Å². The van der Waals surface area contributed by atoms with E-state index in [0.717, 1.165) is 6.07 Å². The minimum atomic E-state index is -1.75. The van der Waals surface area contributed by atoms with E-state index in [-0.39, 0.29) is 40.2 Å². The van der Waals surface area contributed by atoms with E-state index in [1.807, 2.05) is 0 Å². The number of rotatable bonds is 6. The summed E-state index contributed by atoms with van der Waals surface area (Å²) in [5, 5.41) is 81.6. The van der Waals surface area contributed by atoms with Gasteiger partial charge in [0, 0.05) is 12.1 Å². The van der Waals surface area contributed by atoms with Crippen LogP contribution < -0.4 is 9.47 Å². The summed E-state index contributed by atoms with van der Waals surface area (Å²) in [6, 6.07) is 8.50. The molecule has 0 saturated carbocycles. The van der Waals surface area contributed by atoms with E-state index in [1.54, 1.807) is 12.1 Å². The summed E-state index contributed by atoms with van der Waals surface area (Å²) in [4.78, 5) is 12.9. The molecule has 11 atom stereocenters. The molecule has 2 unspecified atom stereocenters. The van der Waals surface area contributed by atoms with Gasteiger partial charge in [-0.25, -0.2) is 0 Å². The zero-order chi connectivity index (χ0) is 29.6. The highest BCUT2D eigenvalue weighted by atomic mass is 16.8. The fourth-order valence-corrected chi connectivity index (χ4v) is 5.07. The monoisotopic (exact) mass is 616 g/mol. The summed E-state index contributed by atoms with van der Waals surface area (Å²) in [6.45, 7) is 0.716. The number of hydrogen-bond donors (Lipinski definition) is 8. The standard InChI is InChI=1S/C27H32O14.2H2O/c1-10-20(32)22(34)24(36)26(37-10)41-25-23(35)21(33)18(9-28)40-27(25)38-13-6-14(30)19-15(31)8-16(39-17(19)7-13)11-2-4-12(29)5-3-11;;/h2-7,10,16,18,20-30,32-36H,8-9H2,1H3;2*1H2/t10-,16?,18+,20-,21+,22?,23-,24+,25+,26-,27+;;/m0../s1. The van der Waals surface area contributed by atoms with Crippen molar-refractivity contribution in [3.8, 4) is 23.0 Å². The molecule has 0 radical (unpaired) electrons. The maximum absolute atomic E-state index is 12.9. The third kappa shape index (κ3) is 6.69. The van der Waals surface area contributed by atoms with Gasteiger partial charge in [-0.3, -0.25) is 4.79 Å². The number of carbonyl (C=O) groups excluding carboxylic acids is 1. The van der Waals surface area contributed by atoms with E-state index in [4.69, 9.17) is 23.7 Å². The molecule has 3 aliphatic heterocycles. The van der Waals surface area contributed by atoms with Crippen molar-refractivity contribution in [1.82, 2.24) is 0 Å². The average molecular weight is 617 g/mol. The van der Waals surface area contributed by atoms with E-state index in [1.165, 1.54) is 25.1 Å². The summed E-state index contributed by atoms with van der Waals surface area (Å²) in [5.74, 6) is -0.947. The van der Waals surface area contributed by atoms with Crippen molar-refractivity contribution in [3.63, 3.8) is 0 Å². The minimum Gasteiger partial charge on any atom is -0.508 e. The highest BCUT2D eigenvalue weighted by molar-refractivity contribution is 6.02. The molecule has 2 aromatic rings. The molecule has 5 rings (SSSR count). The Morgan fingerprint density at radius 1 is 0.860 bits per heavy atom. The van der Waals surface area contributed by atoms with Gasteiger partial charge < -0.3 is 75.5 Å². The molecule has 0 aliphatic carbocycles. The molecule has 2 saturated heterocycles. The van der Waals surface area contributed by atoms with Gasteiger partial charge in [-0.05, 0) is 24.6 Å². The minimum absolute atomic E-state index is 0. The van der Waals surface area contributed by atoms with Gasteiger partial charge in [0.15, 0.2) is 18.2 Å². The van der Waals surface area contributed by atoms with Crippen molar-refractivity contribution in [2.75, 3.05) is 6.61 Å². The van der Waals surface area contributed by atoms with Crippen molar-refractivity contribution in [1.29, 1.82) is 0 Å². The van der Waals surface area contributed by atoms with Gasteiger partial charge in [0.25, 0.3) is 0 Å². The first kappa shape index (κ1) is 34.4. The lowest BCUT2D eigenvalue weighted by atomic mass is 9.95. The summed E-state index contributed by atoms with van der Waals surface area (Å²) in [5.41, 5.74) is 0.529. The number of phenols is 2. The number of aliphatic hydroxyl groups excluding tert-OH is 6.